The van der Waals surface area contributed by atoms with E-state index in [0.717, 1.165) is 0 Å². The maximum atomic E-state index is 9.95. The second kappa shape index (κ2) is 21.0. The van der Waals surface area contributed by atoms with E-state index in [4.69, 9.17) is 18.2 Å². The van der Waals surface area contributed by atoms with Crippen LogP contribution in [-0.2, 0) is 9.47 Å². The summed E-state index contributed by atoms with van der Waals surface area (Å²) in [6.07, 6.45) is 1.97. The van der Waals surface area contributed by atoms with Crippen molar-refractivity contribution < 1.29 is 19.1 Å². The van der Waals surface area contributed by atoms with Gasteiger partial charge in [-0.05, 0) is 0 Å². The number of hydrogen-bond acceptors (Lipinski definition) is 4. The lowest BCUT2D eigenvalue weighted by atomic mass is 10.7. The Morgan fingerprint density at radius 1 is 1.24 bits per heavy atom. The monoisotopic (exact) mass is 485 g/mol. The number of carbonyl (C=O) groups is 2. The number of halogens is 3. The van der Waals surface area contributed by atoms with Crippen molar-refractivity contribution in [3.05, 3.63) is 36.7 Å². The zero-order valence-electron chi connectivity index (χ0n) is 8.70. The smallest absolute Gasteiger partial charge is 0.482 e. The van der Waals surface area contributed by atoms with Gasteiger partial charge in [-0.25, -0.2) is 4.79 Å². The van der Waals surface area contributed by atoms with Gasteiger partial charge >= 0.3 is 11.5 Å². The summed E-state index contributed by atoms with van der Waals surface area (Å²) >= 11 is 8.99. The molecule has 0 saturated carbocycles. The average Bonchev–Trinajstić information content (AvgIpc) is 2.36. The predicted octanol–water partition coefficient (Wildman–Crippen LogP) is 4.55. The second-order valence-corrected chi connectivity index (χ2v) is 2.12. The lowest BCUT2D eigenvalue weighted by Crippen LogP contribution is -1.94. The van der Waals surface area contributed by atoms with E-state index >= 15 is 0 Å². The minimum absolute atomic E-state index is 0.112. The summed E-state index contributed by atoms with van der Waals surface area (Å²) in [5, 5.41) is 0. The van der Waals surface area contributed by atoms with Gasteiger partial charge < -0.3 is 9.47 Å². The first-order chi connectivity index (χ1) is 8.08. The topological polar surface area (TPSA) is 57.0 Å². The molecule has 0 aliphatic rings. The molecule has 0 aliphatic carbocycles. The van der Waals surface area contributed by atoms with Gasteiger partial charge in [-0.15, -0.1) is 0 Å². The maximum absolute atomic E-state index is 9.95. The minimum Gasteiger partial charge on any atom is -0.482 e. The summed E-state index contributed by atoms with van der Waals surface area (Å²) in [7, 11) is 0. The van der Waals surface area contributed by atoms with Crippen molar-refractivity contribution >= 4 is 60.4 Å². The molecule has 0 fully saturated rings. The quantitative estimate of drug-likeness (QED) is 0.254. The molecule has 0 aromatic carbocycles. The van der Waals surface area contributed by atoms with E-state index < -0.39 is 11.5 Å². The highest BCUT2D eigenvalue weighted by Gasteiger charge is 1.93. The Labute approximate surface area is 128 Å². The Hall–Kier alpha value is -0.340. The Bertz CT molecular complexity index is 279. The third kappa shape index (κ3) is 31.3. The van der Waals surface area contributed by atoms with E-state index in [-0.39, 0.29) is 13.2 Å². The van der Waals surface area contributed by atoms with Crippen molar-refractivity contribution in [3.8, 4) is 0 Å². The summed E-state index contributed by atoms with van der Waals surface area (Å²) in [5.74, 6) is 0. The van der Waals surface area contributed by atoms with Crippen molar-refractivity contribution in [2.75, 3.05) is 13.2 Å². The molecular weight excluding hydrogens is 475 g/mol. The number of amides is 1. The maximum Gasteiger partial charge on any atom is 0.561 e. The SMILES string of the molecule is C=CCOC(=O)Cl.II.[C-]#[N+]C(=O)OCC=C. The Morgan fingerprint density at radius 3 is 1.88 bits per heavy atom. The summed E-state index contributed by atoms with van der Waals surface area (Å²) < 4.78 is 8.43. The van der Waals surface area contributed by atoms with Crippen LogP contribution in [-0.4, -0.2) is 24.7 Å². The molecule has 0 N–H and O–H groups in total. The first-order valence-electron chi connectivity index (χ1n) is 3.81. The lowest BCUT2D eigenvalue weighted by molar-refractivity contribution is 0.178. The molecule has 0 aromatic rings. The van der Waals surface area contributed by atoms with Gasteiger partial charge in [0.05, 0.1) is 6.61 Å². The lowest BCUT2D eigenvalue weighted by Gasteiger charge is -1.89. The number of ether oxygens (including phenoxy) is 2. The Morgan fingerprint density at radius 2 is 1.65 bits per heavy atom. The Balaban J connectivity index is -0.000000202. The molecule has 0 heterocycles. The molecule has 0 rings (SSSR count). The fourth-order valence-electron chi connectivity index (χ4n) is 0.287. The van der Waals surface area contributed by atoms with Crippen molar-refractivity contribution in [2.45, 2.75) is 0 Å². The highest BCUT2D eigenvalue weighted by molar-refractivity contribution is 15.0. The van der Waals surface area contributed by atoms with Gasteiger partial charge in [0.15, 0.2) is 0 Å². The van der Waals surface area contributed by atoms with Crippen LogP contribution in [0.4, 0.5) is 9.59 Å². The van der Waals surface area contributed by atoms with Crippen molar-refractivity contribution in [3.63, 3.8) is 0 Å². The first kappa shape index (κ1) is 21.9. The van der Waals surface area contributed by atoms with Crippen LogP contribution in [0, 0.1) is 6.57 Å². The molecule has 17 heavy (non-hydrogen) atoms. The van der Waals surface area contributed by atoms with Gasteiger partial charge in [-0.1, -0.05) is 25.3 Å². The van der Waals surface area contributed by atoms with Crippen LogP contribution in [0.25, 0.3) is 4.85 Å². The number of rotatable bonds is 4. The Kier molecular flexibility index (Phi) is 27.0. The van der Waals surface area contributed by atoms with E-state index in [1.807, 2.05) is 0 Å². The number of carbonyl (C=O) groups excluding carboxylic acids is 2. The molecule has 8 heteroatoms. The highest BCUT2D eigenvalue weighted by atomic mass is 128. The summed E-state index contributed by atoms with van der Waals surface area (Å²) in [4.78, 5) is 22.1. The largest absolute Gasteiger partial charge is 0.561 e. The van der Waals surface area contributed by atoms with Crippen LogP contribution in [0.2, 0.25) is 0 Å². The number of nitrogens with zero attached hydrogens (tertiary/aromatic N) is 1. The molecule has 0 spiro atoms. The molecule has 96 valence electrons. The van der Waals surface area contributed by atoms with Crippen molar-refractivity contribution in [1.82, 2.24) is 0 Å². The number of hydrogen-bond donors (Lipinski definition) is 0. The van der Waals surface area contributed by atoms with Crippen molar-refractivity contribution in [2.24, 2.45) is 0 Å². The van der Waals surface area contributed by atoms with E-state index in [1.54, 1.807) is 0 Å². The summed E-state index contributed by atoms with van der Waals surface area (Å²) in [6, 6.07) is 0. The highest BCUT2D eigenvalue weighted by Crippen LogP contribution is 1.89. The first-order valence-corrected chi connectivity index (χ1v) is 10.5. The summed E-state index contributed by atoms with van der Waals surface area (Å²) in [6.45, 7) is 13.0. The zero-order valence-corrected chi connectivity index (χ0v) is 13.8. The van der Waals surface area contributed by atoms with E-state index in [9.17, 15) is 9.59 Å². The van der Waals surface area contributed by atoms with Crippen LogP contribution >= 0.6 is 48.8 Å². The van der Waals surface area contributed by atoms with Crippen LogP contribution in [0.15, 0.2) is 25.3 Å². The van der Waals surface area contributed by atoms with Gasteiger partial charge in [-0.2, -0.15) is 4.85 Å². The zero-order chi connectivity index (χ0) is 14.1. The average molecular weight is 485 g/mol. The van der Waals surface area contributed by atoms with E-state index in [0.29, 0.717) is 0 Å². The second-order valence-electron chi connectivity index (χ2n) is 1.81. The predicted molar refractivity (Wildman–Crippen MR) is 83.6 cm³/mol. The third-order valence-electron chi connectivity index (χ3n) is 0.731. The van der Waals surface area contributed by atoms with Gasteiger partial charge in [0.2, 0.25) is 0 Å². The van der Waals surface area contributed by atoms with Gasteiger partial charge in [0.1, 0.15) is 13.2 Å². The van der Waals surface area contributed by atoms with Crippen molar-refractivity contribution in [1.29, 1.82) is 0 Å². The molecule has 0 aliphatic heterocycles. The standard InChI is InChI=1S/C5H5NO2.C4H5ClO2.I2/c1-3-4-8-5(7)6-2;1-2-3-7-4(5)6;1-2/h3H,1,4H2;2H,1,3H2;. The third-order valence-corrected chi connectivity index (χ3v) is 0.840. The molecule has 0 saturated heterocycles. The molecule has 0 aromatic heterocycles. The normalized spacial score (nSPS) is 6.71. The molecule has 0 unspecified atom stereocenters. The fourth-order valence-corrected chi connectivity index (χ4v) is 0.350. The molecular formula is C9H10ClI2NO4. The van der Waals surface area contributed by atoms with Crippen LogP contribution in [0.3, 0.4) is 0 Å². The van der Waals surface area contributed by atoms with Gasteiger partial charge in [0.25, 0.3) is 0 Å². The molecule has 5 nitrogen and oxygen atoms in total. The fraction of sp³-hybridized carbons (Fsp3) is 0.222. The summed E-state index contributed by atoms with van der Waals surface area (Å²) in [5.41, 5.74) is -0.792. The molecule has 0 bridgehead atoms. The van der Waals surface area contributed by atoms with Gasteiger partial charge in [0, 0.05) is 48.8 Å². The molecule has 0 radical (unpaired) electrons. The minimum atomic E-state index is -0.884. The van der Waals surface area contributed by atoms with E-state index in [2.05, 4.69) is 64.7 Å². The van der Waals surface area contributed by atoms with Crippen LogP contribution < -0.4 is 0 Å². The molecule has 1 amide bonds. The van der Waals surface area contributed by atoms with Crippen LogP contribution in [0.5, 0.6) is 0 Å². The van der Waals surface area contributed by atoms with Crippen LogP contribution in [0.1, 0.15) is 0 Å². The molecule has 0 atom stereocenters. The van der Waals surface area contributed by atoms with Gasteiger partial charge in [-0.3, -0.25) is 4.79 Å². The van der Waals surface area contributed by atoms with E-state index in [1.165, 1.54) is 12.2 Å².